The third-order valence-electron chi connectivity index (χ3n) is 10.5. The quantitative estimate of drug-likeness (QED) is 0.0877. The summed E-state index contributed by atoms with van der Waals surface area (Å²) < 4.78 is 4.89. The number of amides is 1. The number of carboxylic acid groups (broad SMARTS) is 1. The number of rotatable bonds is 4. The van der Waals surface area contributed by atoms with Gasteiger partial charge in [-0.15, -0.1) is 24.0 Å². The number of benzene rings is 5. The van der Waals surface area contributed by atoms with Crippen LogP contribution in [0.4, 0.5) is 11.4 Å². The van der Waals surface area contributed by atoms with Gasteiger partial charge in [0.05, 0.1) is 16.7 Å². The van der Waals surface area contributed by atoms with E-state index in [0.717, 1.165) is 64.3 Å². The fraction of sp³-hybridized carbons (Fsp3) is 0.204. The van der Waals surface area contributed by atoms with Crippen molar-refractivity contribution in [2.45, 2.75) is 46.5 Å². The van der Waals surface area contributed by atoms with Gasteiger partial charge >= 0.3 is 62.4 Å². The van der Waals surface area contributed by atoms with E-state index in [0.29, 0.717) is 36.3 Å². The van der Waals surface area contributed by atoms with Crippen LogP contribution in [0.15, 0.2) is 115 Å². The molecule has 67 heavy (non-hydrogen) atoms. The zero-order valence-corrected chi connectivity index (χ0v) is 51.1. The van der Waals surface area contributed by atoms with Gasteiger partial charge in [-0.1, -0.05) is 113 Å². The van der Waals surface area contributed by atoms with Crippen molar-refractivity contribution in [3.8, 4) is 0 Å². The number of hydrogen-bond donors (Lipinski definition) is 5. The van der Waals surface area contributed by atoms with Gasteiger partial charge in [-0.3, -0.25) is 4.79 Å². The molecule has 1 amide bonds. The number of aromatic amines is 3. The minimum Gasteiger partial charge on any atom is -0.477 e. The molecule has 0 saturated carbocycles. The van der Waals surface area contributed by atoms with E-state index in [4.69, 9.17) is 33.0 Å². The van der Waals surface area contributed by atoms with Gasteiger partial charge < -0.3 is 35.0 Å². The normalized spacial score (nSPS) is 12.0. The number of nitrogens with one attached hydrogen (secondary N) is 4. The molecule has 2 aliphatic heterocycles. The van der Waals surface area contributed by atoms with Gasteiger partial charge in [-0.05, 0) is 94.0 Å². The molecule has 10 rings (SSSR count). The van der Waals surface area contributed by atoms with Crippen molar-refractivity contribution in [3.05, 3.63) is 165 Å². The van der Waals surface area contributed by atoms with Gasteiger partial charge in [-0.2, -0.15) is 0 Å². The summed E-state index contributed by atoms with van der Waals surface area (Å²) in [5, 5.41) is 15.6. The summed E-state index contributed by atoms with van der Waals surface area (Å²) in [6.07, 6.45) is 4.50. The topological polar surface area (TPSA) is 143 Å². The van der Waals surface area contributed by atoms with E-state index >= 15 is 0 Å². The molecule has 5 N–H and O–H groups in total. The third-order valence-corrected chi connectivity index (χ3v) is 11.3. The number of halogens is 8. The Labute approximate surface area is 470 Å². The van der Waals surface area contributed by atoms with E-state index in [1.165, 1.54) is 40.8 Å². The smallest absolute Gasteiger partial charge is 0.353 e. The number of anilines is 2. The molecule has 5 aromatic carbocycles. The first-order valence-corrected chi connectivity index (χ1v) is 40.3. The molecule has 0 saturated heterocycles. The van der Waals surface area contributed by atoms with Crippen molar-refractivity contribution in [2.75, 3.05) is 29.9 Å². The number of carbonyl (C=O) groups excluding carboxylic acids is 2. The van der Waals surface area contributed by atoms with Gasteiger partial charge in [0.25, 0.3) is 5.91 Å². The molecule has 10 nitrogen and oxygen atoms in total. The Morgan fingerprint density at radius 3 is 1.85 bits per heavy atom. The second-order valence-corrected chi connectivity index (χ2v) is 32.0. The van der Waals surface area contributed by atoms with Gasteiger partial charge in [-0.25, -0.2) is 9.59 Å². The Morgan fingerprint density at radius 2 is 1.25 bits per heavy atom. The third kappa shape index (κ3) is 15.7. The Bertz CT molecular complexity index is 2870. The number of carbonyl (C=O) groups is 3. The number of carboxylic acids is 1. The van der Waals surface area contributed by atoms with Crippen molar-refractivity contribution >= 4 is 184 Å². The van der Waals surface area contributed by atoms with Crippen LogP contribution in [0.5, 0.6) is 0 Å². The van der Waals surface area contributed by atoms with E-state index < -0.39 is 5.97 Å². The molecular weight excluding hydrogens is 1570 g/mol. The Balaban J connectivity index is 0.000000195. The molecule has 5 heterocycles. The number of ether oxygens (including phenoxy) is 1. The summed E-state index contributed by atoms with van der Waals surface area (Å²) in [4.78, 5) is 45.8. The molecule has 0 unspecified atom stereocenters. The zero-order chi connectivity index (χ0) is 47.8. The minimum atomic E-state index is -1.04. The van der Waals surface area contributed by atoms with Crippen molar-refractivity contribution in [3.63, 3.8) is 0 Å². The largest absolute Gasteiger partial charge is 0.477 e. The van der Waals surface area contributed by atoms with E-state index in [-0.39, 0.29) is 46.6 Å². The SMILES string of the molecule is CCOC(=O)c1cc2ccccc2[nH]1.Cc1ccc2c(c1)CCCN2.Cc1ccc2c(c1)CCCN2C(=O)c1[nH]c2ccccc2c1Cl.I.II.I[I-]I.O=C(O)c1[nH]c2ccccc2c1Cl. The Kier molecular flexibility index (Phi) is 25.1. The molecule has 0 bridgehead atoms. The van der Waals surface area contributed by atoms with Crippen LogP contribution < -0.4 is 23.5 Å². The molecule has 2 aliphatic rings. The van der Waals surface area contributed by atoms with E-state index in [1.54, 1.807) is 25.1 Å². The van der Waals surface area contributed by atoms with Gasteiger partial charge in [0.2, 0.25) is 0 Å². The second-order valence-electron chi connectivity index (χ2n) is 15.0. The van der Waals surface area contributed by atoms with Gasteiger partial charge in [0.15, 0.2) is 0 Å². The summed E-state index contributed by atoms with van der Waals surface area (Å²) in [6, 6.07) is 37.3. The molecule has 0 spiro atoms. The van der Waals surface area contributed by atoms with E-state index in [1.807, 2.05) is 71.6 Å². The van der Waals surface area contributed by atoms with Gasteiger partial charge in [0.1, 0.15) is 17.1 Å². The maximum Gasteiger partial charge on any atom is 0.353 e. The number of aromatic carboxylic acids is 1. The van der Waals surface area contributed by atoms with Crippen LogP contribution in [0.25, 0.3) is 32.7 Å². The zero-order valence-electron chi connectivity index (χ0n) is 36.5. The first-order chi connectivity index (χ1) is 31.9. The monoisotopic (exact) mass is 1620 g/mol. The molecule has 3 aromatic heterocycles. The van der Waals surface area contributed by atoms with E-state index in [9.17, 15) is 14.4 Å². The van der Waals surface area contributed by atoms with Crippen molar-refractivity contribution in [1.82, 2.24) is 15.0 Å². The molecule has 0 radical (unpaired) electrons. The Hall–Kier alpha value is -2.11. The molecule has 356 valence electrons. The fourth-order valence-corrected chi connectivity index (χ4v) is 8.16. The maximum absolute atomic E-state index is 13.0. The fourth-order valence-electron chi connectivity index (χ4n) is 7.58. The molecule has 0 aliphatic carbocycles. The second kappa shape index (κ2) is 29.3. The first kappa shape index (κ1) is 57.5. The van der Waals surface area contributed by atoms with Crippen LogP contribution >= 0.6 is 122 Å². The molecule has 8 aromatic rings. The van der Waals surface area contributed by atoms with Crippen molar-refractivity contribution in [2.24, 2.45) is 0 Å². The average molecular weight is 1620 g/mol. The molecule has 18 heteroatoms. The molecular formula is C49H48Cl2I6N5O5-. The van der Waals surface area contributed by atoms with Crippen LogP contribution in [0.1, 0.15) is 73.5 Å². The van der Waals surface area contributed by atoms with Gasteiger partial charge in [0, 0.05) is 94.4 Å². The van der Waals surface area contributed by atoms with Crippen LogP contribution in [0, 0.1) is 13.8 Å². The number of esters is 1. The molecule has 0 fully saturated rings. The number of aromatic nitrogens is 3. The van der Waals surface area contributed by atoms with Crippen LogP contribution in [0.2, 0.25) is 10.0 Å². The molecule has 0 atom stereocenters. The predicted octanol–water partition coefficient (Wildman–Crippen LogP) is 13.1. The van der Waals surface area contributed by atoms with Crippen LogP contribution in [0.3, 0.4) is 0 Å². The average Bonchev–Trinajstić information content (AvgIpc) is 4.03. The number of para-hydroxylation sites is 3. The number of aryl methyl sites for hydroxylation is 4. The summed E-state index contributed by atoms with van der Waals surface area (Å²) in [6.45, 7) is 8.27. The maximum atomic E-state index is 13.0. The van der Waals surface area contributed by atoms with Crippen LogP contribution in [-0.4, -0.2) is 57.6 Å². The first-order valence-electron chi connectivity index (χ1n) is 20.7. The Morgan fingerprint density at radius 1 is 0.716 bits per heavy atom. The summed E-state index contributed by atoms with van der Waals surface area (Å²) >= 11 is 21.8. The number of nitrogens with zero attached hydrogens (tertiary/aromatic N) is 1. The van der Waals surface area contributed by atoms with Crippen molar-refractivity contribution in [1.29, 1.82) is 0 Å². The standard InChI is InChI=1S/C19H17ClN2O.C11H11NO2.C10H13N.C9H6ClNO2.I3.I2.HI/c1-12-8-9-16-13(11-12)5-4-10-22(16)19(23)18-17(20)14-6-2-3-7-15(14)21-18;1-2-14-11(13)10-7-8-5-3-4-6-9(8)12-10;1-8-4-5-10-9(7-8)3-2-6-11-10;10-7-5-3-1-2-4-6(5)11-8(7)9(12)13;1-3-2;1-2;/h2-3,6-9,11,21H,4-5,10H2,1H3;3-7,12H,2H2,1H3;4-5,7,11H,2-3,6H2,1H3;1-4,11H,(H,12,13);;;1H/q;;;;-1;;. The van der Waals surface area contributed by atoms with Crippen LogP contribution in [-0.2, 0) is 17.6 Å². The summed E-state index contributed by atoms with van der Waals surface area (Å²) in [7, 11) is 0. The predicted molar refractivity (Wildman–Crippen MR) is 318 cm³/mol. The minimum absolute atomic E-state index is 0. The summed E-state index contributed by atoms with van der Waals surface area (Å²) in [5.41, 5.74) is 11.3. The van der Waals surface area contributed by atoms with Crippen molar-refractivity contribution < 1.29 is 37.5 Å². The van der Waals surface area contributed by atoms with E-state index in [2.05, 4.69) is 139 Å². The number of H-pyrrole nitrogens is 3. The number of hydrogen-bond acceptors (Lipinski definition) is 5. The number of fused-ring (bicyclic) bond motifs is 5. The summed E-state index contributed by atoms with van der Waals surface area (Å²) in [5.74, 6) is -1.40.